The molecule has 2 aliphatic rings. The van der Waals surface area contributed by atoms with E-state index in [0.717, 1.165) is 19.2 Å². The van der Waals surface area contributed by atoms with E-state index >= 15 is 0 Å². The number of nitrogens with zero attached hydrogens (tertiary/aromatic N) is 5. The second-order valence-electron chi connectivity index (χ2n) is 11.7. The van der Waals surface area contributed by atoms with Crippen molar-refractivity contribution in [2.45, 2.75) is 31.5 Å². The quantitative estimate of drug-likeness (QED) is 0.272. The number of amides is 2. The Labute approximate surface area is 266 Å². The summed E-state index contributed by atoms with van der Waals surface area (Å²) in [7, 11) is 1.98. The Kier molecular flexibility index (Phi) is 9.10. The molecule has 2 saturated heterocycles. The van der Waals surface area contributed by atoms with Crippen LogP contribution in [0, 0.1) is 11.6 Å². The van der Waals surface area contributed by atoms with Crippen molar-refractivity contribution in [2.24, 2.45) is 0 Å². The summed E-state index contributed by atoms with van der Waals surface area (Å²) in [6, 6.07) is 10.1. The van der Waals surface area contributed by atoms with Crippen molar-refractivity contribution in [2.75, 3.05) is 61.6 Å². The van der Waals surface area contributed by atoms with Gasteiger partial charge in [0.15, 0.2) is 5.82 Å². The second kappa shape index (κ2) is 13.2. The Balaban J connectivity index is 1.36. The molecule has 0 saturated carbocycles. The number of alkyl halides is 3. The van der Waals surface area contributed by atoms with Gasteiger partial charge in [0.05, 0.1) is 16.8 Å². The summed E-state index contributed by atoms with van der Waals surface area (Å²) >= 11 is 0. The van der Waals surface area contributed by atoms with Crippen LogP contribution in [0.15, 0.2) is 48.5 Å². The lowest BCUT2D eigenvalue weighted by atomic mass is 10.0. The number of carbonyl (C=O) groups is 2. The molecule has 2 aliphatic heterocycles. The van der Waals surface area contributed by atoms with E-state index < -0.39 is 35.7 Å². The lowest BCUT2D eigenvalue weighted by Crippen LogP contribution is -2.50. The average Bonchev–Trinajstić information content (AvgIpc) is 3.42. The number of piperazine rings is 1. The minimum atomic E-state index is -5.20. The van der Waals surface area contributed by atoms with Gasteiger partial charge >= 0.3 is 12.1 Å². The second-order valence-corrected chi connectivity index (χ2v) is 11.7. The Hall–Kier alpha value is -4.63. The minimum Gasteiger partial charge on any atom is -0.381 e. The fourth-order valence-corrected chi connectivity index (χ4v) is 5.95. The fourth-order valence-electron chi connectivity index (χ4n) is 5.95. The highest BCUT2D eigenvalue weighted by molar-refractivity contribution is 6.13. The van der Waals surface area contributed by atoms with Crippen molar-refractivity contribution in [3.63, 3.8) is 0 Å². The number of H-pyrrole nitrogens is 1. The number of hydrogen-bond donors (Lipinski definition) is 2. The van der Waals surface area contributed by atoms with E-state index in [9.17, 15) is 31.5 Å². The Morgan fingerprint density at radius 1 is 1.00 bits per heavy atom. The van der Waals surface area contributed by atoms with E-state index in [1.807, 2.05) is 11.9 Å². The Morgan fingerprint density at radius 2 is 1.70 bits per heavy atom. The van der Waals surface area contributed by atoms with Crippen molar-refractivity contribution >= 4 is 40.0 Å². The molecule has 248 valence electrons. The molecule has 0 unspecified atom stereocenters. The standard InChI is InChI=1S/C32H32F5N7O3/c1-42-8-10-43(11-9-42)24-3-4-25(27(18-24)44(31(46)32(35,36)37)23-6-12-47-13-7-23)30(45)39-29-28-26(40-41-29)5-2-22(38-28)16-19-14-20(33)17-21(34)15-19/h2-5,14-15,17-18,23H,6-13,16H2,1H3,(H2,39,40,41,45). The Morgan fingerprint density at radius 3 is 2.38 bits per heavy atom. The smallest absolute Gasteiger partial charge is 0.381 e. The van der Waals surface area contributed by atoms with Crippen LogP contribution in [0.2, 0.25) is 0 Å². The lowest BCUT2D eigenvalue weighted by Gasteiger charge is -2.37. The predicted molar refractivity (Wildman–Crippen MR) is 165 cm³/mol. The van der Waals surface area contributed by atoms with Crippen LogP contribution in [0.25, 0.3) is 11.0 Å². The maximum absolute atomic E-state index is 14.1. The maximum atomic E-state index is 14.1. The monoisotopic (exact) mass is 657 g/mol. The van der Waals surface area contributed by atoms with E-state index in [-0.39, 0.29) is 55.1 Å². The number of aromatic nitrogens is 3. The van der Waals surface area contributed by atoms with E-state index in [1.165, 1.54) is 24.3 Å². The highest BCUT2D eigenvalue weighted by atomic mass is 19.4. The number of pyridine rings is 1. The molecular formula is C32H32F5N7O3. The number of likely N-dealkylation sites (N-methyl/N-ethyl adjacent to an activating group) is 1. The van der Waals surface area contributed by atoms with Gasteiger partial charge < -0.3 is 24.8 Å². The third-order valence-electron chi connectivity index (χ3n) is 8.38. The van der Waals surface area contributed by atoms with Crippen molar-refractivity contribution in [3.05, 3.63) is 77.0 Å². The zero-order valence-corrected chi connectivity index (χ0v) is 25.4. The predicted octanol–water partition coefficient (Wildman–Crippen LogP) is 4.91. The molecule has 47 heavy (non-hydrogen) atoms. The van der Waals surface area contributed by atoms with Gasteiger partial charge in [-0.25, -0.2) is 13.8 Å². The van der Waals surface area contributed by atoms with Crippen molar-refractivity contribution in [3.8, 4) is 0 Å². The summed E-state index contributed by atoms with van der Waals surface area (Å²) in [5.74, 6) is -4.34. The summed E-state index contributed by atoms with van der Waals surface area (Å²) in [6.07, 6.45) is -4.79. The van der Waals surface area contributed by atoms with E-state index in [4.69, 9.17) is 4.74 Å². The van der Waals surface area contributed by atoms with Gasteiger partial charge in [-0.15, -0.1) is 0 Å². The van der Waals surface area contributed by atoms with Crippen LogP contribution in [0.4, 0.5) is 39.1 Å². The molecule has 10 nitrogen and oxygen atoms in total. The van der Waals surface area contributed by atoms with Crippen molar-refractivity contribution in [1.29, 1.82) is 0 Å². The van der Waals surface area contributed by atoms with Crippen LogP contribution in [0.3, 0.4) is 0 Å². The average molecular weight is 658 g/mol. The first-order valence-corrected chi connectivity index (χ1v) is 15.1. The van der Waals surface area contributed by atoms with Gasteiger partial charge in [-0.2, -0.15) is 18.3 Å². The normalized spacial score (nSPS) is 16.4. The number of aromatic amines is 1. The molecule has 4 heterocycles. The number of halogens is 5. The number of fused-ring (bicyclic) bond motifs is 1. The maximum Gasteiger partial charge on any atom is 0.471 e. The third-order valence-corrected chi connectivity index (χ3v) is 8.38. The van der Waals surface area contributed by atoms with Gasteiger partial charge in [-0.05, 0) is 67.9 Å². The van der Waals surface area contributed by atoms with Crippen LogP contribution in [-0.4, -0.2) is 90.6 Å². The van der Waals surface area contributed by atoms with Gasteiger partial charge in [0.25, 0.3) is 5.91 Å². The van der Waals surface area contributed by atoms with E-state index in [0.29, 0.717) is 40.5 Å². The van der Waals surface area contributed by atoms with Crippen LogP contribution in [0.5, 0.6) is 0 Å². The molecule has 0 radical (unpaired) electrons. The third kappa shape index (κ3) is 7.20. The van der Waals surface area contributed by atoms with E-state index in [1.54, 1.807) is 18.2 Å². The van der Waals surface area contributed by atoms with Gasteiger partial charge in [0.1, 0.15) is 17.2 Å². The molecule has 15 heteroatoms. The molecule has 0 aliphatic carbocycles. The number of ether oxygens (including phenoxy) is 1. The molecule has 2 aromatic carbocycles. The first-order chi connectivity index (χ1) is 22.5. The van der Waals surface area contributed by atoms with Gasteiger partial charge in [0, 0.05) is 69.3 Å². The first kappa shape index (κ1) is 32.3. The number of anilines is 3. The molecule has 0 atom stereocenters. The fraction of sp³-hybridized carbons (Fsp3) is 0.375. The van der Waals surface area contributed by atoms with E-state index in [2.05, 4.69) is 25.4 Å². The SMILES string of the molecule is CN1CCN(c2ccc(C(=O)Nc3n[nH]c4ccc(Cc5cc(F)cc(F)c5)nc34)c(N(C(=O)C(F)(F)F)C3CCOCC3)c2)CC1. The molecule has 2 aromatic heterocycles. The number of rotatable bonds is 7. The highest BCUT2D eigenvalue weighted by Gasteiger charge is 2.46. The summed E-state index contributed by atoms with van der Waals surface area (Å²) in [4.78, 5) is 36.2. The van der Waals surface area contributed by atoms with Crippen LogP contribution in [-0.2, 0) is 16.0 Å². The van der Waals surface area contributed by atoms with Crippen LogP contribution < -0.4 is 15.1 Å². The number of carbonyl (C=O) groups excluding carboxylic acids is 2. The van der Waals surface area contributed by atoms with Gasteiger partial charge in [0.2, 0.25) is 0 Å². The molecular weight excluding hydrogens is 625 g/mol. The lowest BCUT2D eigenvalue weighted by molar-refractivity contribution is -0.171. The highest BCUT2D eigenvalue weighted by Crippen LogP contribution is 2.35. The van der Waals surface area contributed by atoms with Crippen molar-refractivity contribution < 1.29 is 36.3 Å². The Bertz CT molecular complexity index is 1760. The number of nitrogens with one attached hydrogen (secondary N) is 2. The largest absolute Gasteiger partial charge is 0.471 e. The molecule has 2 amide bonds. The minimum absolute atomic E-state index is 0.00821. The molecule has 2 fully saturated rings. The zero-order valence-electron chi connectivity index (χ0n) is 25.4. The summed E-state index contributed by atoms with van der Waals surface area (Å²) in [5, 5.41) is 9.54. The molecule has 0 spiro atoms. The number of benzene rings is 2. The summed E-state index contributed by atoms with van der Waals surface area (Å²) < 4.78 is 75.1. The van der Waals surface area contributed by atoms with Crippen LogP contribution in [0.1, 0.15) is 34.5 Å². The topological polar surface area (TPSA) is 107 Å². The molecule has 4 aromatic rings. The molecule has 6 rings (SSSR count). The van der Waals surface area contributed by atoms with Crippen molar-refractivity contribution in [1.82, 2.24) is 20.1 Å². The summed E-state index contributed by atoms with van der Waals surface area (Å²) in [5.41, 5.74) is 1.70. The first-order valence-electron chi connectivity index (χ1n) is 15.1. The summed E-state index contributed by atoms with van der Waals surface area (Å²) in [6.45, 7) is 3.03. The van der Waals surface area contributed by atoms with Gasteiger partial charge in [-0.1, -0.05) is 0 Å². The number of hydrogen-bond acceptors (Lipinski definition) is 7. The zero-order chi connectivity index (χ0) is 33.3. The molecule has 0 bridgehead atoms. The molecule has 2 N–H and O–H groups in total. The van der Waals surface area contributed by atoms with Crippen LogP contribution >= 0.6 is 0 Å². The van der Waals surface area contributed by atoms with Gasteiger partial charge in [-0.3, -0.25) is 14.7 Å².